The Bertz CT molecular complexity index is 838. The molecule has 1 amide bonds. The molecule has 24 heavy (non-hydrogen) atoms. The number of aromatic nitrogens is 2. The highest BCUT2D eigenvalue weighted by molar-refractivity contribution is 9.10. The molecular formula is C13H15BrN4O5S. The molecular weight excluding hydrogens is 404 g/mol. The lowest BCUT2D eigenvalue weighted by Crippen LogP contribution is -2.40. The zero-order valence-electron chi connectivity index (χ0n) is 12.7. The number of hydrogen-bond acceptors (Lipinski definition) is 7. The number of sulfonamides is 1. The summed E-state index contributed by atoms with van der Waals surface area (Å²) in [7, 11) is -3.21. The molecule has 0 spiro atoms. The summed E-state index contributed by atoms with van der Waals surface area (Å²) in [5.74, 6) is -0.0192. The van der Waals surface area contributed by atoms with Crippen LogP contribution in [-0.4, -0.2) is 48.2 Å². The highest BCUT2D eigenvalue weighted by Gasteiger charge is 2.29. The minimum absolute atomic E-state index is 0.0203. The first-order chi connectivity index (χ1) is 11.3. The number of carbonyl (C=O) groups excluding carboxylic acids is 1. The normalized spacial score (nSPS) is 17.1. The standard InChI is InChI=1S/C13H15BrN4O5S/c1-24(20,21)18-6-4-8(5-7-18)11(19)15-13-17-16-12(23-13)9-2-3-10(14)22-9/h2-3,8H,4-7H2,1H3,(H,15,17,19). The fourth-order valence-corrected chi connectivity index (χ4v) is 3.64. The summed E-state index contributed by atoms with van der Waals surface area (Å²) in [6, 6.07) is 3.32. The Hall–Kier alpha value is -1.72. The number of rotatable bonds is 4. The summed E-state index contributed by atoms with van der Waals surface area (Å²) in [5.41, 5.74) is 0. The van der Waals surface area contributed by atoms with Gasteiger partial charge in [0, 0.05) is 19.0 Å². The third kappa shape index (κ3) is 3.84. The van der Waals surface area contributed by atoms with Gasteiger partial charge >= 0.3 is 6.01 Å². The first kappa shape index (κ1) is 17.1. The number of halogens is 1. The molecule has 1 fully saturated rings. The van der Waals surface area contributed by atoms with Crippen LogP contribution >= 0.6 is 15.9 Å². The lowest BCUT2D eigenvalue weighted by molar-refractivity contribution is -0.121. The van der Waals surface area contributed by atoms with E-state index in [1.807, 2.05) is 0 Å². The molecule has 0 aromatic carbocycles. The van der Waals surface area contributed by atoms with Gasteiger partial charge < -0.3 is 8.83 Å². The first-order valence-electron chi connectivity index (χ1n) is 7.18. The molecule has 0 radical (unpaired) electrons. The van der Waals surface area contributed by atoms with Crippen molar-refractivity contribution in [3.05, 3.63) is 16.8 Å². The molecule has 9 nitrogen and oxygen atoms in total. The fraction of sp³-hybridized carbons (Fsp3) is 0.462. The van der Waals surface area contributed by atoms with Crippen LogP contribution in [0.1, 0.15) is 12.8 Å². The van der Waals surface area contributed by atoms with E-state index < -0.39 is 10.0 Å². The van der Waals surface area contributed by atoms with Gasteiger partial charge in [-0.2, -0.15) is 0 Å². The molecule has 1 N–H and O–H groups in total. The van der Waals surface area contributed by atoms with E-state index in [1.165, 1.54) is 10.6 Å². The number of anilines is 1. The summed E-state index contributed by atoms with van der Waals surface area (Å²) in [6.45, 7) is 0.652. The number of amides is 1. The molecule has 130 valence electrons. The van der Waals surface area contributed by atoms with Crippen LogP contribution in [0.15, 0.2) is 25.6 Å². The maximum Gasteiger partial charge on any atom is 0.322 e. The average molecular weight is 419 g/mol. The smallest absolute Gasteiger partial charge is 0.322 e. The van der Waals surface area contributed by atoms with E-state index >= 15 is 0 Å². The molecule has 2 aromatic heterocycles. The van der Waals surface area contributed by atoms with Crippen LogP contribution in [0.4, 0.5) is 6.01 Å². The SMILES string of the molecule is CS(=O)(=O)N1CCC(C(=O)Nc2nnc(-c3ccc(Br)o3)o2)CC1. The van der Waals surface area contributed by atoms with Gasteiger partial charge in [-0.15, -0.1) is 5.10 Å². The maximum atomic E-state index is 12.2. The van der Waals surface area contributed by atoms with Gasteiger partial charge in [-0.05, 0) is 40.9 Å². The zero-order chi connectivity index (χ0) is 17.3. The molecule has 3 heterocycles. The molecule has 0 bridgehead atoms. The van der Waals surface area contributed by atoms with Gasteiger partial charge in [-0.3, -0.25) is 10.1 Å². The highest BCUT2D eigenvalue weighted by atomic mass is 79.9. The quantitative estimate of drug-likeness (QED) is 0.801. The number of hydrogen-bond donors (Lipinski definition) is 1. The van der Waals surface area contributed by atoms with Gasteiger partial charge in [0.1, 0.15) is 0 Å². The zero-order valence-corrected chi connectivity index (χ0v) is 15.1. The van der Waals surface area contributed by atoms with Crippen LogP contribution in [0.5, 0.6) is 0 Å². The van der Waals surface area contributed by atoms with Crippen LogP contribution in [0, 0.1) is 5.92 Å². The number of nitrogens with one attached hydrogen (secondary N) is 1. The van der Waals surface area contributed by atoms with E-state index in [4.69, 9.17) is 8.83 Å². The largest absolute Gasteiger partial charge is 0.444 e. The van der Waals surface area contributed by atoms with Gasteiger partial charge in [0.2, 0.25) is 15.9 Å². The summed E-state index contributed by atoms with van der Waals surface area (Å²) in [6.07, 6.45) is 2.07. The molecule has 0 saturated carbocycles. The maximum absolute atomic E-state index is 12.2. The second kappa shape index (κ2) is 6.65. The second-order valence-electron chi connectivity index (χ2n) is 5.44. The Kier molecular flexibility index (Phi) is 4.74. The third-order valence-corrected chi connectivity index (χ3v) is 5.46. The summed E-state index contributed by atoms with van der Waals surface area (Å²) in [5, 5.41) is 10.1. The molecule has 0 atom stereocenters. The molecule has 1 aliphatic heterocycles. The molecule has 1 aliphatic rings. The van der Waals surface area contributed by atoms with Crippen molar-refractivity contribution in [2.75, 3.05) is 24.7 Å². The molecule has 0 aliphatic carbocycles. The minimum Gasteiger partial charge on any atom is -0.444 e. The predicted octanol–water partition coefficient (Wildman–Crippen LogP) is 1.70. The molecule has 2 aromatic rings. The second-order valence-corrected chi connectivity index (χ2v) is 8.21. The lowest BCUT2D eigenvalue weighted by atomic mass is 9.97. The number of nitrogens with zero attached hydrogens (tertiary/aromatic N) is 3. The Morgan fingerprint density at radius 1 is 1.29 bits per heavy atom. The van der Waals surface area contributed by atoms with Crippen molar-refractivity contribution < 1.29 is 22.0 Å². The van der Waals surface area contributed by atoms with Crippen LogP contribution in [0.25, 0.3) is 11.7 Å². The summed E-state index contributed by atoms with van der Waals surface area (Å²) >= 11 is 3.17. The Morgan fingerprint density at radius 3 is 2.58 bits per heavy atom. The number of piperidine rings is 1. The van der Waals surface area contributed by atoms with Crippen molar-refractivity contribution in [2.45, 2.75) is 12.8 Å². The fourth-order valence-electron chi connectivity index (χ4n) is 2.46. The minimum atomic E-state index is -3.21. The van der Waals surface area contributed by atoms with Crippen molar-refractivity contribution in [1.29, 1.82) is 0 Å². The van der Waals surface area contributed by atoms with Crippen molar-refractivity contribution >= 4 is 37.9 Å². The highest BCUT2D eigenvalue weighted by Crippen LogP contribution is 2.26. The van der Waals surface area contributed by atoms with Crippen molar-refractivity contribution in [3.8, 4) is 11.7 Å². The summed E-state index contributed by atoms with van der Waals surface area (Å²) in [4.78, 5) is 12.2. The Balaban J connectivity index is 1.59. The Labute approximate surface area is 146 Å². The number of furan rings is 1. The molecule has 11 heteroatoms. The first-order valence-corrected chi connectivity index (χ1v) is 9.82. The molecule has 3 rings (SSSR count). The van der Waals surface area contributed by atoms with E-state index in [-0.39, 0.29) is 23.7 Å². The van der Waals surface area contributed by atoms with Crippen molar-refractivity contribution in [1.82, 2.24) is 14.5 Å². The van der Waals surface area contributed by atoms with Gasteiger partial charge in [0.25, 0.3) is 5.89 Å². The topological polar surface area (TPSA) is 119 Å². The lowest BCUT2D eigenvalue weighted by Gasteiger charge is -2.28. The van der Waals surface area contributed by atoms with Gasteiger partial charge in [0.05, 0.1) is 6.26 Å². The molecule has 0 unspecified atom stereocenters. The van der Waals surface area contributed by atoms with Crippen LogP contribution in [-0.2, 0) is 14.8 Å². The van der Waals surface area contributed by atoms with E-state index in [9.17, 15) is 13.2 Å². The number of carbonyl (C=O) groups is 1. The monoisotopic (exact) mass is 418 g/mol. The van der Waals surface area contributed by atoms with Crippen LogP contribution in [0.2, 0.25) is 0 Å². The van der Waals surface area contributed by atoms with Crippen molar-refractivity contribution in [2.24, 2.45) is 5.92 Å². The average Bonchev–Trinajstić information content (AvgIpc) is 3.15. The van der Waals surface area contributed by atoms with Gasteiger partial charge in [-0.1, -0.05) is 5.10 Å². The Morgan fingerprint density at radius 2 is 2.00 bits per heavy atom. The van der Waals surface area contributed by atoms with Gasteiger partial charge in [0.15, 0.2) is 10.4 Å². The van der Waals surface area contributed by atoms with E-state index in [0.29, 0.717) is 36.4 Å². The predicted molar refractivity (Wildman–Crippen MR) is 87.5 cm³/mol. The van der Waals surface area contributed by atoms with E-state index in [2.05, 4.69) is 31.4 Å². The van der Waals surface area contributed by atoms with E-state index in [0.717, 1.165) is 0 Å². The van der Waals surface area contributed by atoms with Crippen LogP contribution in [0.3, 0.4) is 0 Å². The molecule has 1 saturated heterocycles. The van der Waals surface area contributed by atoms with Gasteiger partial charge in [-0.25, -0.2) is 12.7 Å². The van der Waals surface area contributed by atoms with Crippen molar-refractivity contribution in [3.63, 3.8) is 0 Å². The third-order valence-electron chi connectivity index (χ3n) is 3.73. The van der Waals surface area contributed by atoms with Crippen LogP contribution < -0.4 is 5.32 Å². The van der Waals surface area contributed by atoms with E-state index in [1.54, 1.807) is 12.1 Å². The summed E-state index contributed by atoms with van der Waals surface area (Å²) < 4.78 is 35.5.